The highest BCUT2D eigenvalue weighted by molar-refractivity contribution is 9.10. The van der Waals surface area contributed by atoms with E-state index in [2.05, 4.69) is 49.7 Å². The molecular weight excluding hydrogens is 350 g/mol. The largest absolute Gasteiger partial charge is 0.324 e. The van der Waals surface area contributed by atoms with Crippen LogP contribution in [0, 0.1) is 0 Å². The quantitative estimate of drug-likeness (QED) is 0.891. The van der Waals surface area contributed by atoms with Crippen LogP contribution in [0.5, 0.6) is 0 Å². The van der Waals surface area contributed by atoms with E-state index in [0.29, 0.717) is 6.04 Å². The minimum absolute atomic E-state index is 0.0160. The molecule has 112 valence electrons. The van der Waals surface area contributed by atoms with Crippen LogP contribution in [0.25, 0.3) is 0 Å². The van der Waals surface area contributed by atoms with E-state index in [-0.39, 0.29) is 6.04 Å². The Balaban J connectivity index is 1.81. The van der Waals surface area contributed by atoms with Gasteiger partial charge in [-0.05, 0) is 59.7 Å². The Labute approximate surface area is 136 Å². The van der Waals surface area contributed by atoms with Crippen LogP contribution in [-0.2, 0) is 0 Å². The Hall–Kier alpha value is -0.920. The molecule has 1 aliphatic carbocycles. The second-order valence-electron chi connectivity index (χ2n) is 5.42. The molecule has 21 heavy (non-hydrogen) atoms. The van der Waals surface area contributed by atoms with Crippen LogP contribution in [0.1, 0.15) is 50.3 Å². The smallest absolute Gasteiger partial charge is 0.214 e. The van der Waals surface area contributed by atoms with Crippen molar-refractivity contribution in [2.75, 3.05) is 0 Å². The zero-order valence-electron chi connectivity index (χ0n) is 11.9. The average molecular weight is 368 g/mol. The van der Waals surface area contributed by atoms with Gasteiger partial charge in [-0.1, -0.05) is 34.8 Å². The summed E-state index contributed by atoms with van der Waals surface area (Å²) in [6.45, 7) is 1.98. The molecule has 0 spiro atoms. The van der Waals surface area contributed by atoms with Gasteiger partial charge in [-0.15, -0.1) is 5.10 Å². The summed E-state index contributed by atoms with van der Waals surface area (Å²) in [6, 6.07) is 6.68. The Kier molecular flexibility index (Phi) is 4.61. The number of tetrazole rings is 1. The van der Waals surface area contributed by atoms with Crippen LogP contribution >= 0.6 is 27.7 Å². The first-order valence-corrected chi connectivity index (χ1v) is 8.77. The van der Waals surface area contributed by atoms with E-state index < -0.39 is 0 Å². The van der Waals surface area contributed by atoms with Crippen LogP contribution in [-0.4, -0.2) is 20.2 Å². The summed E-state index contributed by atoms with van der Waals surface area (Å²) in [5.74, 6) is 0. The summed E-state index contributed by atoms with van der Waals surface area (Å²) in [5.41, 5.74) is 7.04. The molecule has 5 nitrogen and oxygen atoms in total. The van der Waals surface area contributed by atoms with E-state index >= 15 is 0 Å². The molecule has 2 N–H and O–H groups in total. The van der Waals surface area contributed by atoms with Gasteiger partial charge in [0.05, 0.1) is 6.04 Å². The van der Waals surface area contributed by atoms with Crippen molar-refractivity contribution in [2.45, 2.75) is 54.7 Å². The molecule has 2 aromatic rings. The topological polar surface area (TPSA) is 69.6 Å². The van der Waals surface area contributed by atoms with E-state index in [1.807, 2.05) is 11.6 Å². The predicted molar refractivity (Wildman–Crippen MR) is 86.2 cm³/mol. The molecule has 0 radical (unpaired) electrons. The molecule has 1 aromatic heterocycles. The lowest BCUT2D eigenvalue weighted by Crippen LogP contribution is -2.08. The molecule has 3 rings (SSSR count). The zero-order valence-corrected chi connectivity index (χ0v) is 14.3. The average Bonchev–Trinajstić information content (AvgIpc) is 3.08. The van der Waals surface area contributed by atoms with E-state index in [0.717, 1.165) is 20.1 Å². The van der Waals surface area contributed by atoms with Gasteiger partial charge in [0, 0.05) is 15.4 Å². The number of nitrogens with two attached hydrogens (primary N) is 1. The second-order valence-corrected chi connectivity index (χ2v) is 7.31. The van der Waals surface area contributed by atoms with Crippen molar-refractivity contribution in [3.63, 3.8) is 0 Å². The highest BCUT2D eigenvalue weighted by Gasteiger charge is 2.22. The maximum atomic E-state index is 5.93. The van der Waals surface area contributed by atoms with Crippen LogP contribution in [0.15, 0.2) is 32.7 Å². The van der Waals surface area contributed by atoms with E-state index in [9.17, 15) is 0 Å². The summed E-state index contributed by atoms with van der Waals surface area (Å²) < 4.78 is 3.01. The van der Waals surface area contributed by atoms with Gasteiger partial charge >= 0.3 is 0 Å². The van der Waals surface area contributed by atoms with Gasteiger partial charge in [-0.3, -0.25) is 0 Å². The van der Waals surface area contributed by atoms with Crippen molar-refractivity contribution in [3.8, 4) is 0 Å². The van der Waals surface area contributed by atoms with Crippen LogP contribution in [0.3, 0.4) is 0 Å². The minimum atomic E-state index is 0.0160. The van der Waals surface area contributed by atoms with Gasteiger partial charge in [-0.2, -0.15) is 0 Å². The van der Waals surface area contributed by atoms with Gasteiger partial charge < -0.3 is 5.73 Å². The number of rotatable bonds is 4. The molecule has 7 heteroatoms. The Morgan fingerprint density at radius 2 is 2.14 bits per heavy atom. The summed E-state index contributed by atoms with van der Waals surface area (Å²) >= 11 is 5.18. The molecular formula is C14H18BrN5S. The maximum absolute atomic E-state index is 5.93. The van der Waals surface area contributed by atoms with Gasteiger partial charge in [0.2, 0.25) is 5.16 Å². The monoisotopic (exact) mass is 367 g/mol. The summed E-state index contributed by atoms with van der Waals surface area (Å²) in [5, 5.41) is 13.0. The van der Waals surface area contributed by atoms with Crippen molar-refractivity contribution >= 4 is 27.7 Å². The summed E-state index contributed by atoms with van der Waals surface area (Å²) in [7, 11) is 0. The Bertz CT molecular complexity index is 622. The highest BCUT2D eigenvalue weighted by Crippen LogP contribution is 2.35. The summed E-state index contributed by atoms with van der Waals surface area (Å²) in [6.07, 6.45) is 4.88. The van der Waals surface area contributed by atoms with Gasteiger partial charge in [0.15, 0.2) is 0 Å². The lowest BCUT2D eigenvalue weighted by Gasteiger charge is -2.12. The number of hydrogen-bond acceptors (Lipinski definition) is 5. The zero-order chi connectivity index (χ0) is 14.8. The lowest BCUT2D eigenvalue weighted by molar-refractivity contribution is 0.423. The maximum Gasteiger partial charge on any atom is 0.214 e. The molecule has 1 atom stereocenters. The minimum Gasteiger partial charge on any atom is -0.324 e. The fourth-order valence-corrected chi connectivity index (χ4v) is 4.45. The molecule has 1 fully saturated rings. The van der Waals surface area contributed by atoms with Crippen molar-refractivity contribution in [3.05, 3.63) is 28.2 Å². The third-order valence-electron chi connectivity index (χ3n) is 3.80. The molecule has 0 aliphatic heterocycles. The summed E-state index contributed by atoms with van der Waals surface area (Å²) in [4.78, 5) is 1.11. The molecule has 1 aliphatic rings. The van der Waals surface area contributed by atoms with Gasteiger partial charge in [-0.25, -0.2) is 4.68 Å². The number of nitrogens with zero attached hydrogens (tertiary/aromatic N) is 4. The third kappa shape index (κ3) is 3.30. The van der Waals surface area contributed by atoms with Crippen molar-refractivity contribution in [1.29, 1.82) is 0 Å². The van der Waals surface area contributed by atoms with E-state index in [4.69, 9.17) is 5.73 Å². The first kappa shape index (κ1) is 15.0. The number of halogens is 1. The van der Waals surface area contributed by atoms with Gasteiger partial charge in [0.1, 0.15) is 0 Å². The first-order chi connectivity index (χ1) is 10.1. The highest BCUT2D eigenvalue weighted by atomic mass is 79.9. The fourth-order valence-electron chi connectivity index (χ4n) is 2.68. The molecule has 0 saturated heterocycles. The Morgan fingerprint density at radius 3 is 2.81 bits per heavy atom. The Morgan fingerprint density at radius 1 is 1.38 bits per heavy atom. The standard InChI is InChI=1S/C14H18BrN5S/c1-9(16)12-7-6-11(8-13(12)15)21-14-17-18-19-20(14)10-4-2-3-5-10/h6-10H,2-5,16H2,1H3. The van der Waals surface area contributed by atoms with Crippen molar-refractivity contribution < 1.29 is 0 Å². The molecule has 0 amide bonds. The third-order valence-corrected chi connectivity index (χ3v) is 5.43. The van der Waals surface area contributed by atoms with E-state index in [1.54, 1.807) is 11.8 Å². The second kappa shape index (κ2) is 6.46. The SMILES string of the molecule is CC(N)c1ccc(Sc2nnnn2C2CCCC2)cc1Br. The molecule has 1 heterocycles. The molecule has 0 bridgehead atoms. The number of hydrogen-bond donors (Lipinski definition) is 1. The lowest BCUT2D eigenvalue weighted by atomic mass is 10.1. The number of aromatic nitrogens is 4. The van der Waals surface area contributed by atoms with Crippen molar-refractivity contribution in [2.24, 2.45) is 5.73 Å². The predicted octanol–water partition coefficient (Wildman–Crippen LogP) is 3.72. The van der Waals surface area contributed by atoms with Crippen molar-refractivity contribution in [1.82, 2.24) is 20.2 Å². The normalized spacial score (nSPS) is 17.3. The fraction of sp³-hybridized carbons (Fsp3) is 0.500. The van der Waals surface area contributed by atoms with Gasteiger partial charge in [0.25, 0.3) is 0 Å². The molecule has 1 aromatic carbocycles. The van der Waals surface area contributed by atoms with Crippen LogP contribution < -0.4 is 5.73 Å². The van der Waals surface area contributed by atoms with Crippen LogP contribution in [0.2, 0.25) is 0 Å². The van der Waals surface area contributed by atoms with Crippen LogP contribution in [0.4, 0.5) is 0 Å². The number of benzene rings is 1. The van der Waals surface area contributed by atoms with E-state index in [1.165, 1.54) is 25.7 Å². The molecule has 1 unspecified atom stereocenters. The molecule has 1 saturated carbocycles. The first-order valence-electron chi connectivity index (χ1n) is 7.16.